The van der Waals surface area contributed by atoms with Crippen LogP contribution in [0.1, 0.15) is 61.4 Å². The van der Waals surface area contributed by atoms with Gasteiger partial charge < -0.3 is 4.74 Å². The van der Waals surface area contributed by atoms with Crippen LogP contribution in [-0.4, -0.2) is 43.5 Å². The highest BCUT2D eigenvalue weighted by Gasteiger charge is 2.45. The second kappa shape index (κ2) is 11.9. The number of ether oxygens (including phenoxy) is 1. The van der Waals surface area contributed by atoms with E-state index in [1.807, 2.05) is 42.5 Å². The molecule has 0 fully saturated rings. The minimum Gasteiger partial charge on any atom is -0.467 e. The highest BCUT2D eigenvalue weighted by Crippen LogP contribution is 2.42. The number of hydrogen-bond acceptors (Lipinski definition) is 5. The average molecular weight is 627 g/mol. The van der Waals surface area contributed by atoms with E-state index < -0.39 is 50.3 Å². The Hall–Kier alpha value is -3.96. The molecule has 0 saturated heterocycles. The highest BCUT2D eigenvalue weighted by molar-refractivity contribution is 7.89. The molecular weight excluding hydrogens is 593 g/mol. The maximum Gasteiger partial charge on any atom is 0.416 e. The van der Waals surface area contributed by atoms with E-state index in [1.165, 1.54) is 12.1 Å². The molecule has 4 aromatic rings. The van der Waals surface area contributed by atoms with Gasteiger partial charge >= 0.3 is 12.1 Å². The Labute approximate surface area is 253 Å². The first kappa shape index (κ1) is 31.5. The Bertz CT molecular complexity index is 1910. The third-order valence-corrected chi connectivity index (χ3v) is 9.93. The molecule has 11 heteroatoms. The van der Waals surface area contributed by atoms with E-state index in [0.29, 0.717) is 12.0 Å². The van der Waals surface area contributed by atoms with E-state index in [1.54, 1.807) is 20.8 Å². The number of hydrogen-bond donors (Lipinski definition) is 0. The zero-order valence-electron chi connectivity index (χ0n) is 24.8. The molecule has 3 aromatic carbocycles. The van der Waals surface area contributed by atoms with Crippen molar-refractivity contribution in [2.75, 3.05) is 20.2 Å². The number of esters is 1. The predicted octanol–water partition coefficient (Wildman–Crippen LogP) is 6.53. The summed E-state index contributed by atoms with van der Waals surface area (Å²) < 4.78 is 77.8. The summed E-state index contributed by atoms with van der Waals surface area (Å²) in [4.78, 5) is 27.5. The van der Waals surface area contributed by atoms with E-state index >= 15 is 0 Å². The molecule has 1 aliphatic heterocycles. The first-order valence-corrected chi connectivity index (χ1v) is 15.8. The van der Waals surface area contributed by atoms with Crippen LogP contribution in [0.3, 0.4) is 0 Å². The number of benzene rings is 3. The quantitative estimate of drug-likeness (QED) is 0.218. The Morgan fingerprint density at radius 3 is 2.39 bits per heavy atom. The summed E-state index contributed by atoms with van der Waals surface area (Å²) in [5.74, 6) is -1.29. The third-order valence-electron chi connectivity index (χ3n) is 8.03. The standard InChI is InChI=1S/C33H33F3N2O5S/c1-5-16-37-19-27(32(40)43-4)38-30(39)28(20(2)3)26(18-22-12-8-11-21-10-6-7-15-25(21)22)29(31(38)44(37,41)42)23-13-9-14-24(17-23)33(34,35)36/h6-15,17,20,27H,5,16,18-19H2,1-4H3. The molecule has 0 radical (unpaired) electrons. The fourth-order valence-corrected chi connectivity index (χ4v) is 8.07. The fourth-order valence-electron chi connectivity index (χ4n) is 6.11. The molecule has 0 saturated carbocycles. The maximum absolute atomic E-state index is 14.4. The third kappa shape index (κ3) is 5.43. The van der Waals surface area contributed by atoms with Gasteiger partial charge in [0.2, 0.25) is 0 Å². The van der Waals surface area contributed by atoms with E-state index in [9.17, 15) is 31.2 Å². The largest absolute Gasteiger partial charge is 0.467 e. The van der Waals surface area contributed by atoms with Crippen molar-refractivity contribution >= 4 is 26.8 Å². The lowest BCUT2D eigenvalue weighted by atomic mass is 9.86. The van der Waals surface area contributed by atoms with Gasteiger partial charge in [0.15, 0.2) is 5.03 Å². The van der Waals surface area contributed by atoms with Gasteiger partial charge in [-0.25, -0.2) is 13.2 Å². The maximum atomic E-state index is 14.4. The van der Waals surface area contributed by atoms with Gasteiger partial charge in [0.1, 0.15) is 6.04 Å². The number of aromatic nitrogens is 1. The van der Waals surface area contributed by atoms with Crippen LogP contribution in [0.15, 0.2) is 76.6 Å². The number of sulfonamides is 1. The minimum atomic E-state index is -4.71. The second-order valence-corrected chi connectivity index (χ2v) is 13.1. The van der Waals surface area contributed by atoms with Gasteiger partial charge in [0, 0.05) is 24.2 Å². The van der Waals surface area contributed by atoms with E-state index in [0.717, 1.165) is 44.5 Å². The molecule has 7 nitrogen and oxygen atoms in total. The van der Waals surface area contributed by atoms with Gasteiger partial charge in [-0.05, 0) is 58.4 Å². The van der Waals surface area contributed by atoms with E-state index in [4.69, 9.17) is 4.74 Å². The van der Waals surface area contributed by atoms with Gasteiger partial charge in [0.05, 0.1) is 12.7 Å². The summed E-state index contributed by atoms with van der Waals surface area (Å²) in [7, 11) is -3.32. The summed E-state index contributed by atoms with van der Waals surface area (Å²) in [6.07, 6.45) is -4.24. The van der Waals surface area contributed by atoms with Crippen LogP contribution in [0.2, 0.25) is 0 Å². The van der Waals surface area contributed by atoms with Crippen molar-refractivity contribution < 1.29 is 31.1 Å². The first-order valence-electron chi connectivity index (χ1n) is 14.3. The number of rotatable bonds is 7. The van der Waals surface area contributed by atoms with Gasteiger partial charge in [0.25, 0.3) is 15.6 Å². The molecule has 1 unspecified atom stereocenters. The van der Waals surface area contributed by atoms with Crippen LogP contribution in [0.5, 0.6) is 0 Å². The van der Waals surface area contributed by atoms with Gasteiger partial charge in [-0.3, -0.25) is 9.36 Å². The van der Waals surface area contributed by atoms with Gasteiger partial charge in [-0.2, -0.15) is 17.5 Å². The van der Waals surface area contributed by atoms with Crippen molar-refractivity contribution in [3.63, 3.8) is 0 Å². The molecule has 1 atom stereocenters. The molecule has 44 heavy (non-hydrogen) atoms. The van der Waals surface area contributed by atoms with Crippen LogP contribution in [-0.2, 0) is 32.2 Å². The zero-order chi connectivity index (χ0) is 32.0. The Balaban J connectivity index is 1.98. The first-order chi connectivity index (χ1) is 20.8. The van der Waals surface area contributed by atoms with Gasteiger partial charge in [-0.1, -0.05) is 75.4 Å². The topological polar surface area (TPSA) is 85.7 Å². The lowest BCUT2D eigenvalue weighted by Crippen LogP contribution is -2.51. The molecule has 5 rings (SSSR count). The number of pyridine rings is 1. The van der Waals surface area contributed by atoms with Crippen molar-refractivity contribution in [3.8, 4) is 11.1 Å². The monoisotopic (exact) mass is 626 g/mol. The number of halogens is 3. The Morgan fingerprint density at radius 2 is 1.73 bits per heavy atom. The van der Waals surface area contributed by atoms with Crippen molar-refractivity contribution in [2.45, 2.75) is 56.8 Å². The van der Waals surface area contributed by atoms with Crippen LogP contribution in [0, 0.1) is 0 Å². The van der Waals surface area contributed by atoms with Crippen molar-refractivity contribution in [1.82, 2.24) is 8.87 Å². The number of alkyl halides is 3. The molecule has 232 valence electrons. The normalized spacial score (nSPS) is 16.7. The molecule has 1 aromatic heterocycles. The summed E-state index contributed by atoms with van der Waals surface area (Å²) in [5.41, 5.74) is -0.403. The fraction of sp³-hybridized carbons (Fsp3) is 0.333. The van der Waals surface area contributed by atoms with Crippen LogP contribution < -0.4 is 5.56 Å². The molecule has 0 bridgehead atoms. The van der Waals surface area contributed by atoms with E-state index in [-0.39, 0.29) is 36.2 Å². The van der Waals surface area contributed by atoms with E-state index in [2.05, 4.69) is 0 Å². The van der Waals surface area contributed by atoms with Crippen molar-refractivity contribution in [3.05, 3.63) is 99.3 Å². The number of carbonyl (C=O) groups excluding carboxylic acids is 1. The number of nitrogens with zero attached hydrogens (tertiary/aromatic N) is 2. The zero-order valence-corrected chi connectivity index (χ0v) is 25.6. The highest BCUT2D eigenvalue weighted by atomic mass is 32.2. The molecule has 2 heterocycles. The molecule has 0 aliphatic carbocycles. The van der Waals surface area contributed by atoms with Crippen molar-refractivity contribution in [2.24, 2.45) is 0 Å². The Morgan fingerprint density at radius 1 is 1.05 bits per heavy atom. The number of fused-ring (bicyclic) bond motifs is 2. The molecule has 0 amide bonds. The smallest absolute Gasteiger partial charge is 0.416 e. The van der Waals surface area contributed by atoms with Gasteiger partial charge in [-0.15, -0.1) is 0 Å². The Kier molecular flexibility index (Phi) is 8.48. The summed E-state index contributed by atoms with van der Waals surface area (Å²) >= 11 is 0. The minimum absolute atomic E-state index is 0.0220. The summed E-state index contributed by atoms with van der Waals surface area (Å²) in [6, 6.07) is 16.3. The molecule has 0 N–H and O–H groups in total. The summed E-state index contributed by atoms with van der Waals surface area (Å²) in [6.45, 7) is 5.00. The lowest BCUT2D eigenvalue weighted by molar-refractivity contribution is -0.145. The average Bonchev–Trinajstić information content (AvgIpc) is 2.98. The molecule has 1 aliphatic rings. The van der Waals surface area contributed by atoms with Crippen molar-refractivity contribution in [1.29, 1.82) is 0 Å². The number of methoxy groups -OCH3 is 1. The summed E-state index contributed by atoms with van der Waals surface area (Å²) in [5, 5.41) is 1.27. The number of carbonyl (C=O) groups is 1. The molecular formula is C33H33F3N2O5S. The molecule has 0 spiro atoms. The van der Waals surface area contributed by atoms with Crippen LogP contribution in [0.25, 0.3) is 21.9 Å². The SMILES string of the molecule is CCCN1CC(C(=O)OC)n2c(c(-c3cccc(C(F)(F)F)c3)c(Cc3cccc4ccccc34)c(C(C)C)c2=O)S1(=O)=O. The second-order valence-electron chi connectivity index (χ2n) is 11.2. The predicted molar refractivity (Wildman–Crippen MR) is 162 cm³/mol. The van der Waals surface area contributed by atoms with Crippen LogP contribution >= 0.6 is 0 Å². The van der Waals surface area contributed by atoms with Crippen LogP contribution in [0.4, 0.5) is 13.2 Å². The lowest BCUT2D eigenvalue weighted by Gasteiger charge is -2.36.